The third-order valence-electron chi connectivity index (χ3n) is 6.82. The molecule has 0 N–H and O–H groups in total. The lowest BCUT2D eigenvalue weighted by molar-refractivity contribution is -0.137. The highest BCUT2D eigenvalue weighted by Gasteiger charge is 2.33. The van der Waals surface area contributed by atoms with Crippen LogP contribution in [0.5, 0.6) is 5.75 Å². The van der Waals surface area contributed by atoms with Crippen LogP contribution >= 0.6 is 0 Å². The molecule has 3 aromatic carbocycles. The van der Waals surface area contributed by atoms with E-state index in [1.54, 1.807) is 11.0 Å². The Hall–Kier alpha value is -3.35. The van der Waals surface area contributed by atoms with E-state index >= 15 is 0 Å². The number of carbonyl (C=O) groups is 1. The molecule has 1 aliphatic heterocycles. The van der Waals surface area contributed by atoms with E-state index in [0.29, 0.717) is 35.2 Å². The molecule has 0 unspecified atom stereocenters. The van der Waals surface area contributed by atoms with Crippen LogP contribution in [0.1, 0.15) is 60.8 Å². The highest BCUT2D eigenvalue weighted by molar-refractivity contribution is 5.79. The van der Waals surface area contributed by atoms with Crippen molar-refractivity contribution < 1.29 is 27.1 Å². The molecule has 0 saturated carbocycles. The SMILES string of the molecule is COc1cc(F)c(C(C)C)cc1-c1ccc(C(F)(F)F)cc1CN1CC[C@H](c2ccccc2)CC1=O. The van der Waals surface area contributed by atoms with Gasteiger partial charge in [-0.2, -0.15) is 13.2 Å². The summed E-state index contributed by atoms with van der Waals surface area (Å²) in [6.07, 6.45) is -3.51. The molecule has 1 amide bonds. The van der Waals surface area contributed by atoms with E-state index in [0.717, 1.165) is 24.1 Å². The fourth-order valence-corrected chi connectivity index (χ4v) is 4.82. The van der Waals surface area contributed by atoms with Gasteiger partial charge in [-0.1, -0.05) is 50.2 Å². The van der Waals surface area contributed by atoms with Gasteiger partial charge in [-0.05, 0) is 58.7 Å². The van der Waals surface area contributed by atoms with E-state index in [9.17, 15) is 22.4 Å². The molecule has 1 aliphatic rings. The van der Waals surface area contributed by atoms with E-state index < -0.39 is 17.6 Å². The second-order valence-corrected chi connectivity index (χ2v) is 9.51. The van der Waals surface area contributed by atoms with Crippen LogP contribution in [0.2, 0.25) is 0 Å². The van der Waals surface area contributed by atoms with Gasteiger partial charge in [0, 0.05) is 31.1 Å². The monoisotopic (exact) mass is 499 g/mol. The van der Waals surface area contributed by atoms with Gasteiger partial charge in [-0.15, -0.1) is 0 Å². The number of amides is 1. The highest BCUT2D eigenvalue weighted by Crippen LogP contribution is 2.40. The number of benzene rings is 3. The van der Waals surface area contributed by atoms with Crippen LogP contribution < -0.4 is 4.74 Å². The Balaban J connectivity index is 1.72. The van der Waals surface area contributed by atoms with Gasteiger partial charge in [0.15, 0.2) is 0 Å². The summed E-state index contributed by atoms with van der Waals surface area (Å²) in [5.74, 6) is -0.357. The number of alkyl halides is 3. The van der Waals surface area contributed by atoms with Gasteiger partial charge >= 0.3 is 6.18 Å². The molecule has 1 heterocycles. The van der Waals surface area contributed by atoms with Gasteiger partial charge in [0.1, 0.15) is 11.6 Å². The molecule has 0 bridgehead atoms. The summed E-state index contributed by atoms with van der Waals surface area (Å²) >= 11 is 0. The van der Waals surface area contributed by atoms with E-state index in [1.807, 2.05) is 44.2 Å². The Labute approximate surface area is 208 Å². The zero-order chi connectivity index (χ0) is 26.0. The average molecular weight is 500 g/mol. The van der Waals surface area contributed by atoms with E-state index in [1.165, 1.54) is 19.2 Å². The van der Waals surface area contributed by atoms with Crippen LogP contribution in [0.4, 0.5) is 17.6 Å². The van der Waals surface area contributed by atoms with Crippen LogP contribution in [0.15, 0.2) is 60.7 Å². The van der Waals surface area contributed by atoms with Crippen molar-refractivity contribution >= 4 is 5.91 Å². The van der Waals surface area contributed by atoms with Gasteiger partial charge in [0.25, 0.3) is 0 Å². The number of hydrogen-bond donors (Lipinski definition) is 0. The van der Waals surface area contributed by atoms with Gasteiger partial charge in [-0.3, -0.25) is 4.79 Å². The first-order valence-electron chi connectivity index (χ1n) is 12.0. The summed E-state index contributed by atoms with van der Waals surface area (Å²) in [5.41, 5.74) is 2.06. The van der Waals surface area contributed by atoms with Crippen molar-refractivity contribution in [3.63, 3.8) is 0 Å². The largest absolute Gasteiger partial charge is 0.496 e. The molecule has 7 heteroatoms. The summed E-state index contributed by atoms with van der Waals surface area (Å²) in [6, 6.07) is 16.2. The van der Waals surface area contributed by atoms with E-state index in [4.69, 9.17) is 4.74 Å². The minimum atomic E-state index is -4.53. The van der Waals surface area contributed by atoms with Gasteiger partial charge in [-0.25, -0.2) is 4.39 Å². The predicted octanol–water partition coefficient (Wildman–Crippen LogP) is 7.55. The molecule has 1 saturated heterocycles. The molecule has 3 nitrogen and oxygen atoms in total. The Morgan fingerprint density at radius 3 is 2.36 bits per heavy atom. The van der Waals surface area contributed by atoms with Crippen LogP contribution in [0.25, 0.3) is 11.1 Å². The van der Waals surface area contributed by atoms with E-state index in [2.05, 4.69) is 0 Å². The first-order chi connectivity index (χ1) is 17.1. The zero-order valence-corrected chi connectivity index (χ0v) is 20.5. The number of methoxy groups -OCH3 is 1. The number of halogens is 4. The number of rotatable bonds is 6. The number of piperidine rings is 1. The third-order valence-corrected chi connectivity index (χ3v) is 6.82. The molecule has 0 aromatic heterocycles. The lowest BCUT2D eigenvalue weighted by Gasteiger charge is -2.33. The maximum Gasteiger partial charge on any atom is 0.416 e. The topological polar surface area (TPSA) is 29.5 Å². The molecule has 190 valence electrons. The van der Waals surface area contributed by atoms with Gasteiger partial charge in [0.05, 0.1) is 12.7 Å². The summed E-state index contributed by atoms with van der Waals surface area (Å²) in [6.45, 7) is 4.15. The van der Waals surface area contributed by atoms with Crippen molar-refractivity contribution in [1.82, 2.24) is 4.90 Å². The quantitative estimate of drug-likeness (QED) is 0.328. The van der Waals surface area contributed by atoms with Crippen molar-refractivity contribution in [2.75, 3.05) is 13.7 Å². The lowest BCUT2D eigenvalue weighted by Crippen LogP contribution is -2.37. The summed E-state index contributed by atoms with van der Waals surface area (Å²) < 4.78 is 60.9. The Morgan fingerprint density at radius 1 is 1.03 bits per heavy atom. The number of nitrogens with zero attached hydrogens (tertiary/aromatic N) is 1. The average Bonchev–Trinajstić information content (AvgIpc) is 2.85. The summed E-state index contributed by atoms with van der Waals surface area (Å²) in [7, 11) is 1.40. The molecule has 0 aliphatic carbocycles. The second-order valence-electron chi connectivity index (χ2n) is 9.51. The first-order valence-corrected chi connectivity index (χ1v) is 12.0. The van der Waals surface area contributed by atoms with Crippen molar-refractivity contribution in [3.8, 4) is 16.9 Å². The molecule has 1 atom stereocenters. The number of hydrogen-bond acceptors (Lipinski definition) is 2. The number of likely N-dealkylation sites (tertiary alicyclic amines) is 1. The molecule has 36 heavy (non-hydrogen) atoms. The van der Waals surface area contributed by atoms with Crippen LogP contribution in [0, 0.1) is 5.82 Å². The van der Waals surface area contributed by atoms with Gasteiger partial charge < -0.3 is 9.64 Å². The van der Waals surface area contributed by atoms with E-state index in [-0.39, 0.29) is 30.0 Å². The van der Waals surface area contributed by atoms with Crippen molar-refractivity contribution in [2.24, 2.45) is 0 Å². The summed E-state index contributed by atoms with van der Waals surface area (Å²) in [4.78, 5) is 14.7. The lowest BCUT2D eigenvalue weighted by atomic mass is 9.88. The minimum Gasteiger partial charge on any atom is -0.496 e. The normalized spacial score (nSPS) is 16.5. The zero-order valence-electron chi connectivity index (χ0n) is 20.5. The molecule has 0 radical (unpaired) electrons. The van der Waals surface area contributed by atoms with Crippen molar-refractivity contribution in [3.05, 3.63) is 88.7 Å². The number of ether oxygens (including phenoxy) is 1. The van der Waals surface area contributed by atoms with Crippen LogP contribution in [-0.4, -0.2) is 24.5 Å². The fourth-order valence-electron chi connectivity index (χ4n) is 4.82. The van der Waals surface area contributed by atoms with Crippen molar-refractivity contribution in [2.45, 2.75) is 51.2 Å². The fraction of sp³-hybridized carbons (Fsp3) is 0.345. The third kappa shape index (κ3) is 5.40. The van der Waals surface area contributed by atoms with Crippen molar-refractivity contribution in [1.29, 1.82) is 0 Å². The molecule has 0 spiro atoms. The van der Waals surface area contributed by atoms with Crippen LogP contribution in [0.3, 0.4) is 0 Å². The minimum absolute atomic E-state index is 0.0249. The first kappa shape index (κ1) is 25.7. The Bertz CT molecular complexity index is 1240. The molecular formula is C29H29F4NO2. The Kier molecular flexibility index (Phi) is 7.38. The molecule has 3 aromatic rings. The molecular weight excluding hydrogens is 470 g/mol. The standard InChI is InChI=1S/C29H29F4NO2/c1-18(2)24-15-25(27(36-3)16-26(24)30)23-10-9-22(29(31,32)33)13-21(23)17-34-12-11-20(14-28(34)35)19-7-5-4-6-8-19/h4-10,13,15-16,18,20H,11-12,14,17H2,1-3H3/t20-/m0/s1. The maximum absolute atomic E-state index is 14.6. The predicted molar refractivity (Wildman–Crippen MR) is 131 cm³/mol. The maximum atomic E-state index is 14.6. The summed E-state index contributed by atoms with van der Waals surface area (Å²) in [5, 5.41) is 0. The Morgan fingerprint density at radius 2 is 1.75 bits per heavy atom. The van der Waals surface area contributed by atoms with Gasteiger partial charge in [0.2, 0.25) is 5.91 Å². The molecule has 4 rings (SSSR count). The highest BCUT2D eigenvalue weighted by atomic mass is 19.4. The molecule has 1 fully saturated rings. The smallest absolute Gasteiger partial charge is 0.416 e. The second kappa shape index (κ2) is 10.3. The number of carbonyl (C=O) groups excluding carboxylic acids is 1. The van der Waals surface area contributed by atoms with Crippen LogP contribution in [-0.2, 0) is 17.5 Å².